The number of hydrogen-bond acceptors (Lipinski definition) is 3. The molecule has 1 aliphatic heterocycles. The molecule has 1 saturated heterocycles. The van der Waals surface area contributed by atoms with Crippen molar-refractivity contribution in [1.29, 1.82) is 0 Å². The van der Waals surface area contributed by atoms with Crippen LogP contribution in [0.5, 0.6) is 0 Å². The highest BCUT2D eigenvalue weighted by Crippen LogP contribution is 2.44. The smallest absolute Gasteiger partial charge is 0.194 e. The Morgan fingerprint density at radius 1 is 1.17 bits per heavy atom. The van der Waals surface area contributed by atoms with Crippen LogP contribution in [0.1, 0.15) is 16.7 Å². The minimum atomic E-state index is -0.208. The van der Waals surface area contributed by atoms with Gasteiger partial charge in [-0.3, -0.25) is 0 Å². The summed E-state index contributed by atoms with van der Waals surface area (Å²) in [5, 5.41) is 0. The van der Waals surface area contributed by atoms with Crippen LogP contribution in [0.15, 0.2) is 34.8 Å². The highest BCUT2D eigenvalue weighted by Gasteiger charge is 2.25. The maximum absolute atomic E-state index is 5.58. The van der Waals surface area contributed by atoms with Crippen LogP contribution in [0.3, 0.4) is 0 Å². The second-order valence-electron chi connectivity index (χ2n) is 4.17. The van der Waals surface area contributed by atoms with Gasteiger partial charge in [-0.25, -0.2) is 0 Å². The molecule has 3 rings (SSSR count). The summed E-state index contributed by atoms with van der Waals surface area (Å²) in [6.45, 7) is 3.48. The van der Waals surface area contributed by atoms with Crippen LogP contribution in [-0.4, -0.2) is 13.2 Å². The van der Waals surface area contributed by atoms with Crippen LogP contribution in [0.25, 0.3) is 10.4 Å². The molecule has 18 heavy (non-hydrogen) atoms. The van der Waals surface area contributed by atoms with E-state index in [1.807, 2.05) is 6.07 Å². The fourth-order valence-corrected chi connectivity index (χ4v) is 4.01. The molecule has 0 N–H and O–H groups in total. The first-order valence-electron chi connectivity index (χ1n) is 5.85. The Hall–Kier alpha value is -0.680. The van der Waals surface area contributed by atoms with Gasteiger partial charge in [-0.05, 0) is 34.0 Å². The average molecular weight is 325 g/mol. The normalized spacial score (nSPS) is 16.3. The van der Waals surface area contributed by atoms with E-state index in [0.29, 0.717) is 13.2 Å². The van der Waals surface area contributed by atoms with Crippen molar-refractivity contribution in [2.24, 2.45) is 0 Å². The fraction of sp³-hybridized carbons (Fsp3) is 0.286. The number of ether oxygens (including phenoxy) is 2. The minimum Gasteiger partial charge on any atom is -0.345 e. The molecule has 2 aromatic rings. The Kier molecular flexibility index (Phi) is 3.52. The second-order valence-corrected chi connectivity index (χ2v) is 6.02. The van der Waals surface area contributed by atoms with Crippen LogP contribution in [-0.2, 0) is 9.47 Å². The Balaban J connectivity index is 2.04. The van der Waals surface area contributed by atoms with E-state index in [1.54, 1.807) is 11.3 Å². The predicted octanol–water partition coefficient (Wildman–Crippen LogP) is 4.53. The Morgan fingerprint density at radius 2 is 1.83 bits per heavy atom. The summed E-state index contributed by atoms with van der Waals surface area (Å²) in [7, 11) is 0. The van der Waals surface area contributed by atoms with Crippen molar-refractivity contribution in [2.45, 2.75) is 13.2 Å². The Morgan fingerprint density at radius 3 is 2.50 bits per heavy atom. The summed E-state index contributed by atoms with van der Waals surface area (Å²) in [5.74, 6) is 0. The van der Waals surface area contributed by atoms with Gasteiger partial charge in [0.15, 0.2) is 6.29 Å². The van der Waals surface area contributed by atoms with Crippen LogP contribution in [0, 0.1) is 6.92 Å². The second kappa shape index (κ2) is 5.13. The topological polar surface area (TPSA) is 18.5 Å². The van der Waals surface area contributed by atoms with Gasteiger partial charge < -0.3 is 9.47 Å². The number of thiophene rings is 1. The monoisotopic (exact) mass is 324 g/mol. The molecule has 0 unspecified atom stereocenters. The van der Waals surface area contributed by atoms with Crippen molar-refractivity contribution in [3.05, 3.63) is 45.2 Å². The average Bonchev–Trinajstić information content (AvgIpc) is 3.01. The number of rotatable bonds is 2. The third-order valence-electron chi connectivity index (χ3n) is 2.97. The molecule has 0 atom stereocenters. The summed E-state index contributed by atoms with van der Waals surface area (Å²) < 4.78 is 12.3. The van der Waals surface area contributed by atoms with Crippen LogP contribution in [0.2, 0.25) is 0 Å². The fourth-order valence-electron chi connectivity index (χ4n) is 2.04. The number of hydrogen-bond donors (Lipinski definition) is 0. The highest BCUT2D eigenvalue weighted by atomic mass is 79.9. The first-order chi connectivity index (χ1) is 8.77. The molecule has 0 bridgehead atoms. The lowest BCUT2D eigenvalue weighted by Crippen LogP contribution is -1.95. The van der Waals surface area contributed by atoms with Crippen molar-refractivity contribution in [2.75, 3.05) is 13.2 Å². The lowest BCUT2D eigenvalue weighted by Gasteiger charge is -2.06. The Labute approximate surface area is 119 Å². The van der Waals surface area contributed by atoms with E-state index < -0.39 is 0 Å². The molecule has 2 heterocycles. The number of halogens is 1. The van der Waals surface area contributed by atoms with E-state index in [-0.39, 0.29) is 6.29 Å². The lowest BCUT2D eigenvalue weighted by molar-refractivity contribution is -0.0418. The third-order valence-corrected chi connectivity index (χ3v) is 5.62. The SMILES string of the molecule is Cc1c(-c2ccccc2)sc(C2OCCO2)c1Br. The first kappa shape index (κ1) is 12.4. The molecule has 1 aliphatic rings. The van der Waals surface area contributed by atoms with Crippen LogP contribution in [0.4, 0.5) is 0 Å². The van der Waals surface area contributed by atoms with Crippen molar-refractivity contribution in [3.8, 4) is 10.4 Å². The highest BCUT2D eigenvalue weighted by molar-refractivity contribution is 9.10. The summed E-state index contributed by atoms with van der Waals surface area (Å²) in [6, 6.07) is 10.4. The van der Waals surface area contributed by atoms with E-state index in [2.05, 4.69) is 47.1 Å². The maximum atomic E-state index is 5.58. The van der Waals surface area contributed by atoms with E-state index in [1.165, 1.54) is 16.0 Å². The summed E-state index contributed by atoms with van der Waals surface area (Å²) in [5.41, 5.74) is 2.49. The summed E-state index contributed by atoms with van der Waals surface area (Å²) in [6.07, 6.45) is -0.208. The molecule has 1 aromatic carbocycles. The largest absolute Gasteiger partial charge is 0.345 e. The number of benzene rings is 1. The van der Waals surface area contributed by atoms with Crippen molar-refractivity contribution in [1.82, 2.24) is 0 Å². The van der Waals surface area contributed by atoms with Gasteiger partial charge in [-0.15, -0.1) is 11.3 Å². The quantitative estimate of drug-likeness (QED) is 0.807. The lowest BCUT2D eigenvalue weighted by atomic mass is 10.1. The maximum Gasteiger partial charge on any atom is 0.194 e. The van der Waals surface area contributed by atoms with Gasteiger partial charge in [0.25, 0.3) is 0 Å². The molecule has 0 spiro atoms. The minimum absolute atomic E-state index is 0.208. The molecule has 0 aliphatic carbocycles. The van der Waals surface area contributed by atoms with E-state index in [4.69, 9.17) is 9.47 Å². The molecular weight excluding hydrogens is 312 g/mol. The van der Waals surface area contributed by atoms with Gasteiger partial charge in [0.05, 0.1) is 18.1 Å². The van der Waals surface area contributed by atoms with E-state index in [0.717, 1.165) is 9.35 Å². The van der Waals surface area contributed by atoms with Crippen LogP contribution < -0.4 is 0 Å². The molecule has 94 valence electrons. The van der Waals surface area contributed by atoms with Gasteiger partial charge >= 0.3 is 0 Å². The zero-order chi connectivity index (χ0) is 12.5. The zero-order valence-electron chi connectivity index (χ0n) is 9.98. The summed E-state index contributed by atoms with van der Waals surface area (Å²) >= 11 is 5.40. The van der Waals surface area contributed by atoms with Gasteiger partial charge in [-0.2, -0.15) is 0 Å². The predicted molar refractivity (Wildman–Crippen MR) is 76.8 cm³/mol. The van der Waals surface area contributed by atoms with Crippen LogP contribution >= 0.6 is 27.3 Å². The zero-order valence-corrected chi connectivity index (χ0v) is 12.4. The first-order valence-corrected chi connectivity index (χ1v) is 7.45. The van der Waals surface area contributed by atoms with E-state index >= 15 is 0 Å². The molecule has 4 heteroatoms. The Bertz CT molecular complexity index is 544. The molecule has 0 saturated carbocycles. The summed E-state index contributed by atoms with van der Waals surface area (Å²) in [4.78, 5) is 2.40. The molecule has 0 radical (unpaired) electrons. The van der Waals surface area contributed by atoms with Crippen molar-refractivity contribution >= 4 is 27.3 Å². The van der Waals surface area contributed by atoms with Gasteiger partial charge in [0, 0.05) is 9.35 Å². The van der Waals surface area contributed by atoms with Gasteiger partial charge in [0.2, 0.25) is 0 Å². The van der Waals surface area contributed by atoms with Gasteiger partial charge in [-0.1, -0.05) is 30.3 Å². The molecule has 1 fully saturated rings. The molecule has 1 aromatic heterocycles. The van der Waals surface area contributed by atoms with Crippen molar-refractivity contribution < 1.29 is 9.47 Å². The van der Waals surface area contributed by atoms with E-state index in [9.17, 15) is 0 Å². The molecule has 2 nitrogen and oxygen atoms in total. The van der Waals surface area contributed by atoms with Crippen molar-refractivity contribution in [3.63, 3.8) is 0 Å². The molecular formula is C14H13BrO2S. The van der Waals surface area contributed by atoms with Gasteiger partial charge in [0.1, 0.15) is 0 Å². The standard InChI is InChI=1S/C14H13BrO2S/c1-9-11(15)13(14-16-7-8-17-14)18-12(9)10-5-3-2-4-6-10/h2-6,14H,7-8H2,1H3. The third kappa shape index (κ3) is 2.14. The molecule has 0 amide bonds.